The molecule has 1 aliphatic heterocycles. The highest BCUT2D eigenvalue weighted by molar-refractivity contribution is 5.93. The van der Waals surface area contributed by atoms with Gasteiger partial charge in [0.15, 0.2) is 5.82 Å². The van der Waals surface area contributed by atoms with Gasteiger partial charge in [-0.05, 0) is 13.0 Å². The molecule has 0 saturated carbocycles. The van der Waals surface area contributed by atoms with Crippen molar-refractivity contribution in [3.63, 3.8) is 0 Å². The van der Waals surface area contributed by atoms with E-state index < -0.39 is 0 Å². The van der Waals surface area contributed by atoms with E-state index in [0.717, 1.165) is 25.3 Å². The van der Waals surface area contributed by atoms with E-state index in [2.05, 4.69) is 22.0 Å². The minimum absolute atomic E-state index is 0.0205. The molecule has 1 amide bonds. The largest absolute Gasteiger partial charge is 0.472 e. The number of piperazine rings is 1. The third-order valence-corrected chi connectivity index (χ3v) is 4.07. The number of rotatable bonds is 4. The van der Waals surface area contributed by atoms with Crippen LogP contribution in [0.3, 0.4) is 0 Å². The summed E-state index contributed by atoms with van der Waals surface area (Å²) < 4.78 is 10.3. The Hall–Kier alpha value is -2.15. The molecule has 0 N–H and O–H groups in total. The molecular weight excluding hydrogens is 284 g/mol. The number of carbonyl (C=O) groups excluding carboxylic acids is 1. The molecule has 1 atom stereocenters. The molecule has 0 aliphatic carbocycles. The summed E-state index contributed by atoms with van der Waals surface area (Å²) in [4.78, 5) is 20.7. The zero-order valence-corrected chi connectivity index (χ0v) is 12.9. The molecule has 1 saturated heterocycles. The van der Waals surface area contributed by atoms with Gasteiger partial charge in [-0.25, -0.2) is 0 Å². The number of amides is 1. The van der Waals surface area contributed by atoms with Gasteiger partial charge < -0.3 is 13.8 Å². The molecule has 7 heteroatoms. The maximum atomic E-state index is 12.3. The SMILES string of the molecule is CCc1noc(C(C)N2CCN(C(=O)c3ccoc3)CC2)n1. The van der Waals surface area contributed by atoms with Crippen molar-refractivity contribution in [2.75, 3.05) is 26.2 Å². The Morgan fingerprint density at radius 1 is 1.36 bits per heavy atom. The molecule has 1 aliphatic rings. The predicted octanol–water partition coefficient (Wildman–Crippen LogP) is 1.74. The van der Waals surface area contributed by atoms with Crippen LogP contribution in [0.15, 0.2) is 27.5 Å². The maximum absolute atomic E-state index is 12.3. The summed E-state index contributed by atoms with van der Waals surface area (Å²) in [7, 11) is 0. The molecule has 7 nitrogen and oxygen atoms in total. The lowest BCUT2D eigenvalue weighted by Gasteiger charge is -2.36. The number of nitrogens with zero attached hydrogens (tertiary/aromatic N) is 4. The highest BCUT2D eigenvalue weighted by Crippen LogP contribution is 2.21. The first-order valence-electron chi connectivity index (χ1n) is 7.57. The third kappa shape index (κ3) is 2.89. The van der Waals surface area contributed by atoms with Crippen LogP contribution in [-0.2, 0) is 6.42 Å². The fourth-order valence-electron chi connectivity index (χ4n) is 2.62. The number of aromatic nitrogens is 2. The van der Waals surface area contributed by atoms with Crippen LogP contribution in [0.5, 0.6) is 0 Å². The Balaban J connectivity index is 1.58. The van der Waals surface area contributed by atoms with Crippen LogP contribution in [0.4, 0.5) is 0 Å². The second-order valence-corrected chi connectivity index (χ2v) is 5.42. The molecule has 118 valence electrons. The van der Waals surface area contributed by atoms with Crippen LogP contribution >= 0.6 is 0 Å². The molecular formula is C15H20N4O3. The van der Waals surface area contributed by atoms with E-state index in [1.54, 1.807) is 6.07 Å². The summed E-state index contributed by atoms with van der Waals surface area (Å²) in [5, 5.41) is 3.94. The van der Waals surface area contributed by atoms with Crippen LogP contribution in [0.1, 0.15) is 42.0 Å². The van der Waals surface area contributed by atoms with Gasteiger partial charge in [-0.1, -0.05) is 12.1 Å². The van der Waals surface area contributed by atoms with Crippen molar-refractivity contribution in [2.24, 2.45) is 0 Å². The van der Waals surface area contributed by atoms with Crippen molar-refractivity contribution in [1.29, 1.82) is 0 Å². The zero-order valence-electron chi connectivity index (χ0n) is 12.9. The minimum Gasteiger partial charge on any atom is -0.472 e. The fourth-order valence-corrected chi connectivity index (χ4v) is 2.62. The van der Waals surface area contributed by atoms with E-state index in [0.29, 0.717) is 24.5 Å². The monoisotopic (exact) mass is 304 g/mol. The minimum atomic E-state index is 0.0205. The lowest BCUT2D eigenvalue weighted by atomic mass is 10.2. The first-order valence-corrected chi connectivity index (χ1v) is 7.57. The topological polar surface area (TPSA) is 75.6 Å². The van der Waals surface area contributed by atoms with Gasteiger partial charge in [0.1, 0.15) is 6.26 Å². The zero-order chi connectivity index (χ0) is 15.5. The average molecular weight is 304 g/mol. The molecule has 0 bridgehead atoms. The molecule has 0 radical (unpaired) electrons. The summed E-state index contributed by atoms with van der Waals surface area (Å²) in [6.45, 7) is 7.00. The second kappa shape index (κ2) is 6.31. The Bertz CT molecular complexity index is 615. The molecule has 2 aromatic rings. The van der Waals surface area contributed by atoms with Crippen molar-refractivity contribution < 1.29 is 13.7 Å². The van der Waals surface area contributed by atoms with E-state index in [1.807, 2.05) is 11.8 Å². The quantitative estimate of drug-likeness (QED) is 0.856. The molecule has 0 spiro atoms. The number of hydrogen-bond acceptors (Lipinski definition) is 6. The van der Waals surface area contributed by atoms with Crippen molar-refractivity contribution in [2.45, 2.75) is 26.3 Å². The maximum Gasteiger partial charge on any atom is 0.257 e. The van der Waals surface area contributed by atoms with Crippen LogP contribution in [-0.4, -0.2) is 52.0 Å². The fraction of sp³-hybridized carbons (Fsp3) is 0.533. The van der Waals surface area contributed by atoms with E-state index in [-0.39, 0.29) is 11.9 Å². The van der Waals surface area contributed by atoms with E-state index in [4.69, 9.17) is 8.94 Å². The molecule has 1 fully saturated rings. The average Bonchev–Trinajstić information content (AvgIpc) is 3.25. The number of aryl methyl sites for hydroxylation is 1. The summed E-state index contributed by atoms with van der Waals surface area (Å²) in [5.74, 6) is 1.40. The van der Waals surface area contributed by atoms with Gasteiger partial charge >= 0.3 is 0 Å². The van der Waals surface area contributed by atoms with Gasteiger partial charge in [-0.2, -0.15) is 4.98 Å². The summed E-state index contributed by atoms with van der Waals surface area (Å²) in [6, 6.07) is 1.76. The van der Waals surface area contributed by atoms with E-state index in [1.165, 1.54) is 12.5 Å². The van der Waals surface area contributed by atoms with Crippen LogP contribution in [0.25, 0.3) is 0 Å². The van der Waals surface area contributed by atoms with Crippen LogP contribution in [0.2, 0.25) is 0 Å². The molecule has 0 aromatic carbocycles. The van der Waals surface area contributed by atoms with Gasteiger partial charge in [-0.15, -0.1) is 0 Å². The van der Waals surface area contributed by atoms with Gasteiger partial charge in [0.05, 0.1) is 17.9 Å². The third-order valence-electron chi connectivity index (χ3n) is 4.07. The number of hydrogen-bond donors (Lipinski definition) is 0. The van der Waals surface area contributed by atoms with Crippen molar-refractivity contribution >= 4 is 5.91 Å². The van der Waals surface area contributed by atoms with Crippen molar-refractivity contribution in [3.8, 4) is 0 Å². The smallest absolute Gasteiger partial charge is 0.257 e. The number of carbonyl (C=O) groups is 1. The highest BCUT2D eigenvalue weighted by atomic mass is 16.5. The lowest BCUT2D eigenvalue weighted by molar-refractivity contribution is 0.0551. The van der Waals surface area contributed by atoms with Crippen LogP contribution in [0, 0.1) is 0 Å². The first kappa shape index (κ1) is 14.8. The van der Waals surface area contributed by atoms with Gasteiger partial charge in [0.2, 0.25) is 5.89 Å². The Morgan fingerprint density at radius 3 is 2.73 bits per heavy atom. The van der Waals surface area contributed by atoms with E-state index in [9.17, 15) is 4.79 Å². The molecule has 22 heavy (non-hydrogen) atoms. The molecule has 3 rings (SSSR count). The number of furan rings is 1. The highest BCUT2D eigenvalue weighted by Gasteiger charge is 2.28. The summed E-state index contributed by atoms with van der Waals surface area (Å²) in [5.41, 5.74) is 0.603. The lowest BCUT2D eigenvalue weighted by Crippen LogP contribution is -2.49. The molecule has 3 heterocycles. The first-order chi connectivity index (χ1) is 10.7. The Morgan fingerprint density at radius 2 is 2.14 bits per heavy atom. The standard InChI is InChI=1S/C15H20N4O3/c1-3-13-16-14(22-17-13)11(2)18-5-7-19(8-6-18)15(20)12-4-9-21-10-12/h4,9-11H,3,5-8H2,1-2H3. The normalized spacial score (nSPS) is 17.6. The Kier molecular flexibility index (Phi) is 4.24. The van der Waals surface area contributed by atoms with Crippen molar-refractivity contribution in [1.82, 2.24) is 19.9 Å². The van der Waals surface area contributed by atoms with Crippen LogP contribution < -0.4 is 0 Å². The predicted molar refractivity (Wildman–Crippen MR) is 78.3 cm³/mol. The second-order valence-electron chi connectivity index (χ2n) is 5.42. The van der Waals surface area contributed by atoms with Gasteiger partial charge in [-0.3, -0.25) is 9.69 Å². The van der Waals surface area contributed by atoms with Gasteiger partial charge in [0, 0.05) is 32.6 Å². The summed E-state index contributed by atoms with van der Waals surface area (Å²) in [6.07, 6.45) is 3.78. The molecule has 1 unspecified atom stereocenters. The summed E-state index contributed by atoms with van der Waals surface area (Å²) >= 11 is 0. The van der Waals surface area contributed by atoms with Gasteiger partial charge in [0.25, 0.3) is 5.91 Å². The Labute approximate surface area is 128 Å². The van der Waals surface area contributed by atoms with E-state index >= 15 is 0 Å². The van der Waals surface area contributed by atoms with Crippen molar-refractivity contribution in [3.05, 3.63) is 35.9 Å². The molecule has 2 aromatic heterocycles.